The van der Waals surface area contributed by atoms with Gasteiger partial charge in [0.2, 0.25) is 5.91 Å². The summed E-state index contributed by atoms with van der Waals surface area (Å²) < 4.78 is 4.78. The van der Waals surface area contributed by atoms with Gasteiger partial charge in [0.1, 0.15) is 0 Å². The first-order chi connectivity index (χ1) is 13.5. The van der Waals surface area contributed by atoms with E-state index in [9.17, 15) is 9.59 Å². The lowest BCUT2D eigenvalue weighted by atomic mass is 9.95. The van der Waals surface area contributed by atoms with Gasteiger partial charge in [0.05, 0.1) is 18.4 Å². The molecule has 7 heteroatoms. The molecule has 0 atom stereocenters. The van der Waals surface area contributed by atoms with Gasteiger partial charge in [-0.25, -0.2) is 4.79 Å². The lowest BCUT2D eigenvalue weighted by Crippen LogP contribution is -2.38. The number of methoxy groups -OCH3 is 1. The Morgan fingerprint density at radius 2 is 1.71 bits per heavy atom. The van der Waals surface area contributed by atoms with Crippen LogP contribution in [0, 0.1) is 5.92 Å². The molecule has 1 N–H and O–H groups in total. The predicted molar refractivity (Wildman–Crippen MR) is 111 cm³/mol. The summed E-state index contributed by atoms with van der Waals surface area (Å²) in [7, 11) is 1.32. The van der Waals surface area contributed by atoms with Gasteiger partial charge < -0.3 is 10.1 Å². The maximum atomic E-state index is 12.7. The summed E-state index contributed by atoms with van der Waals surface area (Å²) >= 11 is 12.5. The molecule has 2 aromatic carbocycles. The summed E-state index contributed by atoms with van der Waals surface area (Å²) in [5.41, 5.74) is 1.74. The molecule has 0 aliphatic carbocycles. The zero-order valence-corrected chi connectivity index (χ0v) is 17.1. The number of nitrogens with zero attached hydrogens (tertiary/aromatic N) is 1. The lowest BCUT2D eigenvalue weighted by molar-refractivity contribution is -0.121. The van der Waals surface area contributed by atoms with Crippen LogP contribution in [0.1, 0.15) is 28.8 Å². The highest BCUT2D eigenvalue weighted by Gasteiger charge is 2.26. The Hall–Kier alpha value is -2.08. The first-order valence-corrected chi connectivity index (χ1v) is 9.88. The summed E-state index contributed by atoms with van der Waals surface area (Å²) in [5.74, 6) is -0.655. The Bertz CT molecular complexity index is 844. The number of benzene rings is 2. The zero-order valence-electron chi connectivity index (χ0n) is 15.6. The number of rotatable bonds is 5. The maximum Gasteiger partial charge on any atom is 0.339 e. The van der Waals surface area contributed by atoms with Gasteiger partial charge in [0.25, 0.3) is 0 Å². The van der Waals surface area contributed by atoms with Crippen LogP contribution < -0.4 is 5.32 Å². The number of carbonyl (C=O) groups excluding carboxylic acids is 2. The second-order valence-corrected chi connectivity index (χ2v) is 7.59. The number of esters is 1. The van der Waals surface area contributed by atoms with Crippen LogP contribution in [0.3, 0.4) is 0 Å². The molecule has 0 bridgehead atoms. The predicted octanol–water partition coefficient (Wildman–Crippen LogP) is 4.63. The fraction of sp³-hybridized carbons (Fsp3) is 0.333. The lowest BCUT2D eigenvalue weighted by Gasteiger charge is -2.31. The molecule has 148 valence electrons. The number of amides is 1. The molecule has 0 aromatic heterocycles. The van der Waals surface area contributed by atoms with Crippen molar-refractivity contribution in [2.75, 3.05) is 25.5 Å². The number of carbonyl (C=O) groups is 2. The number of hydrogen-bond acceptors (Lipinski definition) is 4. The quantitative estimate of drug-likeness (QED) is 0.716. The molecule has 1 saturated heterocycles. The third kappa shape index (κ3) is 4.85. The average Bonchev–Trinajstić information content (AvgIpc) is 2.71. The summed E-state index contributed by atoms with van der Waals surface area (Å²) in [5, 5.41) is 4.20. The number of para-hydroxylation sites is 1. The third-order valence-corrected chi connectivity index (χ3v) is 5.70. The van der Waals surface area contributed by atoms with E-state index in [1.54, 1.807) is 24.3 Å². The van der Waals surface area contributed by atoms with Gasteiger partial charge in [0, 0.05) is 28.1 Å². The molecule has 1 fully saturated rings. The van der Waals surface area contributed by atoms with E-state index in [0.717, 1.165) is 31.5 Å². The van der Waals surface area contributed by atoms with Crippen molar-refractivity contribution in [2.45, 2.75) is 19.4 Å². The molecule has 1 aliphatic heterocycles. The Balaban J connectivity index is 1.58. The summed E-state index contributed by atoms with van der Waals surface area (Å²) in [6.07, 6.45) is 1.46. The van der Waals surface area contributed by atoms with E-state index in [1.807, 2.05) is 18.2 Å². The summed E-state index contributed by atoms with van der Waals surface area (Å²) in [4.78, 5) is 26.8. The Kier molecular flexibility index (Phi) is 6.94. The smallest absolute Gasteiger partial charge is 0.339 e. The molecule has 1 amide bonds. The third-order valence-electron chi connectivity index (χ3n) is 4.99. The Labute approximate surface area is 174 Å². The van der Waals surface area contributed by atoms with Crippen LogP contribution in [0.25, 0.3) is 0 Å². The van der Waals surface area contributed by atoms with E-state index in [-0.39, 0.29) is 11.8 Å². The normalized spacial score (nSPS) is 15.2. The summed E-state index contributed by atoms with van der Waals surface area (Å²) in [6, 6.07) is 12.4. The van der Waals surface area contributed by atoms with Crippen molar-refractivity contribution < 1.29 is 14.3 Å². The zero-order chi connectivity index (χ0) is 20.1. The van der Waals surface area contributed by atoms with Crippen molar-refractivity contribution in [2.24, 2.45) is 5.92 Å². The van der Waals surface area contributed by atoms with Crippen molar-refractivity contribution >= 4 is 40.8 Å². The standard InChI is InChI=1S/C21H22Cl2N2O3/c1-28-21(27)15-5-2-3-8-19(15)24-20(26)14-9-11-25(12-10-14)13-16-17(22)6-4-7-18(16)23/h2-8,14H,9-13H2,1H3,(H,24,26). The van der Waals surface area contributed by atoms with Gasteiger partial charge >= 0.3 is 5.97 Å². The van der Waals surface area contributed by atoms with Crippen molar-refractivity contribution in [1.29, 1.82) is 0 Å². The molecule has 28 heavy (non-hydrogen) atoms. The molecule has 0 saturated carbocycles. The van der Waals surface area contributed by atoms with E-state index < -0.39 is 5.97 Å². The molecule has 0 radical (unpaired) electrons. The Morgan fingerprint density at radius 1 is 1.07 bits per heavy atom. The van der Waals surface area contributed by atoms with E-state index >= 15 is 0 Å². The van der Waals surface area contributed by atoms with E-state index in [1.165, 1.54) is 7.11 Å². The number of likely N-dealkylation sites (tertiary alicyclic amines) is 1. The first-order valence-electron chi connectivity index (χ1n) is 9.13. The van der Waals surface area contributed by atoms with Crippen molar-refractivity contribution in [3.8, 4) is 0 Å². The fourth-order valence-corrected chi connectivity index (χ4v) is 3.89. The summed E-state index contributed by atoms with van der Waals surface area (Å²) in [6.45, 7) is 2.22. The van der Waals surface area contributed by atoms with Crippen molar-refractivity contribution in [3.05, 3.63) is 63.6 Å². The van der Waals surface area contributed by atoms with Crippen LogP contribution >= 0.6 is 23.2 Å². The minimum absolute atomic E-state index is 0.0771. The number of hydrogen-bond donors (Lipinski definition) is 1. The molecule has 5 nitrogen and oxygen atoms in total. The van der Waals surface area contributed by atoms with E-state index in [4.69, 9.17) is 27.9 Å². The highest BCUT2D eigenvalue weighted by atomic mass is 35.5. The van der Waals surface area contributed by atoms with Gasteiger partial charge in [-0.2, -0.15) is 0 Å². The van der Waals surface area contributed by atoms with Gasteiger partial charge in [-0.05, 0) is 50.2 Å². The van der Waals surface area contributed by atoms with Gasteiger partial charge in [-0.3, -0.25) is 9.69 Å². The van der Waals surface area contributed by atoms with Gasteiger partial charge in [-0.1, -0.05) is 41.4 Å². The molecule has 0 spiro atoms. The van der Waals surface area contributed by atoms with Crippen LogP contribution in [-0.4, -0.2) is 37.0 Å². The number of ether oxygens (including phenoxy) is 1. The van der Waals surface area contributed by atoms with Crippen molar-refractivity contribution in [3.63, 3.8) is 0 Å². The maximum absolute atomic E-state index is 12.7. The van der Waals surface area contributed by atoms with Crippen LogP contribution in [0.5, 0.6) is 0 Å². The van der Waals surface area contributed by atoms with Gasteiger partial charge in [0.15, 0.2) is 0 Å². The van der Waals surface area contributed by atoms with Gasteiger partial charge in [-0.15, -0.1) is 0 Å². The van der Waals surface area contributed by atoms with E-state index in [2.05, 4.69) is 10.2 Å². The van der Waals surface area contributed by atoms with Crippen molar-refractivity contribution in [1.82, 2.24) is 4.90 Å². The average molecular weight is 421 g/mol. The largest absolute Gasteiger partial charge is 0.465 e. The molecule has 1 aliphatic rings. The monoisotopic (exact) mass is 420 g/mol. The highest BCUT2D eigenvalue weighted by Crippen LogP contribution is 2.28. The van der Waals surface area contributed by atoms with Crippen LogP contribution in [0.2, 0.25) is 10.0 Å². The first kappa shape index (κ1) is 20.6. The second kappa shape index (κ2) is 9.41. The number of halogens is 2. The van der Waals surface area contributed by atoms with Crippen LogP contribution in [0.4, 0.5) is 5.69 Å². The molecule has 3 rings (SSSR count). The Morgan fingerprint density at radius 3 is 2.36 bits per heavy atom. The molecule has 0 unspecified atom stereocenters. The number of nitrogens with one attached hydrogen (secondary N) is 1. The highest BCUT2D eigenvalue weighted by molar-refractivity contribution is 6.35. The fourth-order valence-electron chi connectivity index (χ4n) is 3.38. The molecule has 1 heterocycles. The van der Waals surface area contributed by atoms with Crippen LogP contribution in [-0.2, 0) is 16.1 Å². The molecular weight excluding hydrogens is 399 g/mol. The minimum atomic E-state index is -0.470. The SMILES string of the molecule is COC(=O)c1ccccc1NC(=O)C1CCN(Cc2c(Cl)cccc2Cl)CC1. The molecule has 2 aromatic rings. The topological polar surface area (TPSA) is 58.6 Å². The van der Waals surface area contributed by atoms with Crippen LogP contribution in [0.15, 0.2) is 42.5 Å². The minimum Gasteiger partial charge on any atom is -0.465 e. The molecular formula is C21H22Cl2N2O3. The second-order valence-electron chi connectivity index (χ2n) is 6.78. The van der Waals surface area contributed by atoms with E-state index in [0.29, 0.717) is 27.8 Å². The number of anilines is 1. The number of piperidine rings is 1.